The molecule has 0 N–H and O–H groups in total. The van der Waals surface area contributed by atoms with Crippen LogP contribution in [0.2, 0.25) is 5.02 Å². The number of hydrogen-bond donors (Lipinski definition) is 0. The molecule has 0 saturated carbocycles. The highest BCUT2D eigenvalue weighted by atomic mass is 35.5. The summed E-state index contributed by atoms with van der Waals surface area (Å²) in [5.74, 6) is -0.990. The lowest BCUT2D eigenvalue weighted by Gasteiger charge is -2.22. The van der Waals surface area contributed by atoms with Gasteiger partial charge in [-0.05, 0) is 18.2 Å². The maximum absolute atomic E-state index is 13.1. The van der Waals surface area contributed by atoms with Crippen molar-refractivity contribution in [2.45, 2.75) is 12.9 Å². The molecule has 4 nitrogen and oxygen atoms in total. The van der Waals surface area contributed by atoms with E-state index in [1.54, 1.807) is 0 Å². The number of anilines is 1. The van der Waals surface area contributed by atoms with E-state index in [0.717, 1.165) is 10.9 Å². The molecule has 1 heterocycles. The summed E-state index contributed by atoms with van der Waals surface area (Å²) in [5, 5.41) is 3.84. The molecule has 0 aliphatic carbocycles. The highest BCUT2D eigenvalue weighted by Gasteiger charge is 2.29. The van der Waals surface area contributed by atoms with E-state index in [4.69, 9.17) is 11.6 Å². The molecule has 0 saturated heterocycles. The van der Waals surface area contributed by atoms with Crippen LogP contribution in [0.4, 0.5) is 23.2 Å². The van der Waals surface area contributed by atoms with Crippen molar-refractivity contribution >= 4 is 23.2 Å². The summed E-state index contributed by atoms with van der Waals surface area (Å²) in [6.07, 6.45) is -4.87. The van der Waals surface area contributed by atoms with Crippen molar-refractivity contribution in [2.75, 3.05) is 11.4 Å². The number of halogens is 5. The van der Waals surface area contributed by atoms with Gasteiger partial charge in [-0.2, -0.15) is 5.10 Å². The van der Waals surface area contributed by atoms with Crippen LogP contribution in [0.15, 0.2) is 30.5 Å². The fourth-order valence-electron chi connectivity index (χ4n) is 2.10. The smallest absolute Gasteiger partial charge is 0.280 e. The van der Waals surface area contributed by atoms with Crippen molar-refractivity contribution in [1.82, 2.24) is 9.78 Å². The van der Waals surface area contributed by atoms with Crippen LogP contribution in [0.5, 0.6) is 0 Å². The van der Waals surface area contributed by atoms with E-state index in [0.29, 0.717) is 4.90 Å². The van der Waals surface area contributed by atoms with Gasteiger partial charge in [-0.25, -0.2) is 17.6 Å². The normalized spacial score (nSPS) is 11.3. The first-order chi connectivity index (χ1) is 10.8. The van der Waals surface area contributed by atoms with Gasteiger partial charge in [0.2, 0.25) is 0 Å². The number of aromatic nitrogens is 2. The fourth-order valence-corrected chi connectivity index (χ4v) is 2.29. The third-order valence-corrected chi connectivity index (χ3v) is 3.34. The highest BCUT2D eigenvalue weighted by Crippen LogP contribution is 2.27. The minimum atomic E-state index is -2.96. The zero-order chi connectivity index (χ0) is 17.1. The predicted molar refractivity (Wildman–Crippen MR) is 77.3 cm³/mol. The number of aryl methyl sites for hydroxylation is 1. The van der Waals surface area contributed by atoms with Gasteiger partial charge in [0.1, 0.15) is 5.69 Å². The lowest BCUT2D eigenvalue weighted by molar-refractivity contribution is 0.0930. The molecule has 0 radical (unpaired) electrons. The van der Waals surface area contributed by atoms with Crippen LogP contribution >= 0.6 is 11.6 Å². The van der Waals surface area contributed by atoms with Gasteiger partial charge in [-0.1, -0.05) is 17.7 Å². The van der Waals surface area contributed by atoms with Gasteiger partial charge in [0, 0.05) is 17.8 Å². The van der Waals surface area contributed by atoms with Crippen LogP contribution < -0.4 is 4.90 Å². The zero-order valence-electron chi connectivity index (χ0n) is 11.9. The molecule has 0 aliphatic heterocycles. The predicted octanol–water partition coefficient (Wildman–Crippen LogP) is 3.92. The van der Waals surface area contributed by atoms with Crippen LogP contribution in [0.1, 0.15) is 22.5 Å². The lowest BCUT2D eigenvalue weighted by atomic mass is 10.2. The number of amides is 1. The van der Waals surface area contributed by atoms with Crippen molar-refractivity contribution in [3.05, 3.63) is 46.7 Å². The maximum atomic E-state index is 13.1. The lowest BCUT2D eigenvalue weighted by Crippen LogP contribution is -2.35. The molecule has 1 amide bonds. The Morgan fingerprint density at radius 3 is 2.61 bits per heavy atom. The molecular formula is C14H12ClF4N3O. The molecule has 2 aromatic rings. The van der Waals surface area contributed by atoms with Gasteiger partial charge in [0.05, 0.1) is 18.3 Å². The van der Waals surface area contributed by atoms with Crippen molar-refractivity contribution < 1.29 is 22.4 Å². The quantitative estimate of drug-likeness (QED) is 0.767. The Bertz CT molecular complexity index is 705. The molecule has 0 atom stereocenters. The largest absolute Gasteiger partial charge is 0.302 e. The number of carbonyl (C=O) groups is 1. The van der Waals surface area contributed by atoms with Crippen LogP contribution in [0.25, 0.3) is 0 Å². The Kier molecular flexibility index (Phi) is 5.25. The first kappa shape index (κ1) is 17.3. The van der Waals surface area contributed by atoms with Crippen LogP contribution in [-0.4, -0.2) is 28.7 Å². The standard InChI is InChI=1S/C14H12ClF4N3O/c1-21-12(13(18)19)10(6-20-21)14(23)22(7-11(16)17)9-4-2-3-8(15)5-9/h2-6,11,13H,7H2,1H3. The van der Waals surface area contributed by atoms with Crippen LogP contribution in [0, 0.1) is 0 Å². The van der Waals surface area contributed by atoms with Crippen LogP contribution in [-0.2, 0) is 7.05 Å². The number of alkyl halides is 4. The van der Waals surface area contributed by atoms with E-state index in [1.807, 2.05) is 0 Å². The topological polar surface area (TPSA) is 38.1 Å². The summed E-state index contributed by atoms with van der Waals surface area (Å²) in [4.78, 5) is 13.2. The molecule has 0 bridgehead atoms. The van der Waals surface area contributed by atoms with E-state index in [9.17, 15) is 22.4 Å². The first-order valence-electron chi connectivity index (χ1n) is 6.47. The summed E-state index contributed by atoms with van der Waals surface area (Å²) in [7, 11) is 1.25. The minimum absolute atomic E-state index is 0.0897. The maximum Gasteiger partial charge on any atom is 0.280 e. The second kappa shape index (κ2) is 6.99. The van der Waals surface area contributed by atoms with E-state index in [2.05, 4.69) is 5.10 Å². The number of nitrogens with zero attached hydrogens (tertiary/aromatic N) is 3. The fraction of sp³-hybridized carbons (Fsp3) is 0.286. The Morgan fingerprint density at radius 2 is 2.04 bits per heavy atom. The van der Waals surface area contributed by atoms with E-state index in [-0.39, 0.29) is 10.7 Å². The van der Waals surface area contributed by atoms with Crippen molar-refractivity contribution in [3.8, 4) is 0 Å². The van der Waals surface area contributed by atoms with Gasteiger partial charge >= 0.3 is 0 Å². The average Bonchev–Trinajstić information content (AvgIpc) is 2.85. The molecule has 0 spiro atoms. The number of hydrogen-bond acceptors (Lipinski definition) is 2. The molecule has 1 aromatic heterocycles. The summed E-state index contributed by atoms with van der Waals surface area (Å²) < 4.78 is 52.6. The Hall–Kier alpha value is -2.09. The molecule has 1 aromatic carbocycles. The molecular weight excluding hydrogens is 338 g/mol. The van der Waals surface area contributed by atoms with E-state index in [1.165, 1.54) is 31.3 Å². The van der Waals surface area contributed by atoms with Crippen molar-refractivity contribution in [3.63, 3.8) is 0 Å². The Morgan fingerprint density at radius 1 is 1.35 bits per heavy atom. The Labute approximate surface area is 134 Å². The molecule has 2 rings (SSSR count). The van der Waals surface area contributed by atoms with Crippen LogP contribution in [0.3, 0.4) is 0 Å². The summed E-state index contributed by atoms with van der Waals surface area (Å²) in [6, 6.07) is 5.68. The second-order valence-corrected chi connectivity index (χ2v) is 5.09. The number of rotatable bonds is 5. The molecule has 0 unspecified atom stereocenters. The van der Waals surface area contributed by atoms with Gasteiger partial charge in [-0.15, -0.1) is 0 Å². The summed E-state index contributed by atoms with van der Waals surface area (Å²) in [5.41, 5.74) is -0.966. The molecule has 0 aliphatic rings. The van der Waals surface area contributed by atoms with E-state index >= 15 is 0 Å². The summed E-state index contributed by atoms with van der Waals surface area (Å²) in [6.45, 7) is -0.948. The number of benzene rings is 1. The van der Waals surface area contributed by atoms with Gasteiger partial charge in [-0.3, -0.25) is 9.48 Å². The summed E-state index contributed by atoms with van der Waals surface area (Å²) >= 11 is 5.80. The zero-order valence-corrected chi connectivity index (χ0v) is 12.6. The first-order valence-corrected chi connectivity index (χ1v) is 6.84. The number of carbonyl (C=O) groups excluding carboxylic acids is 1. The van der Waals surface area contributed by atoms with Crippen molar-refractivity contribution in [1.29, 1.82) is 0 Å². The monoisotopic (exact) mass is 349 g/mol. The van der Waals surface area contributed by atoms with Gasteiger partial charge in [0.15, 0.2) is 0 Å². The molecule has 0 fully saturated rings. The molecule has 124 valence electrons. The highest BCUT2D eigenvalue weighted by molar-refractivity contribution is 6.31. The second-order valence-electron chi connectivity index (χ2n) is 4.65. The third-order valence-electron chi connectivity index (χ3n) is 3.11. The van der Waals surface area contributed by atoms with Gasteiger partial charge in [0.25, 0.3) is 18.8 Å². The Balaban J connectivity index is 2.46. The molecule has 23 heavy (non-hydrogen) atoms. The molecule has 9 heteroatoms. The minimum Gasteiger partial charge on any atom is -0.302 e. The van der Waals surface area contributed by atoms with Gasteiger partial charge < -0.3 is 4.90 Å². The average molecular weight is 350 g/mol. The SMILES string of the molecule is Cn1ncc(C(=O)N(CC(F)F)c2cccc(Cl)c2)c1C(F)F. The van der Waals surface area contributed by atoms with Crippen molar-refractivity contribution in [2.24, 2.45) is 7.05 Å². The van der Waals surface area contributed by atoms with E-state index < -0.39 is 36.6 Å². The third kappa shape index (κ3) is 3.82.